The highest BCUT2D eigenvalue weighted by molar-refractivity contribution is 5.94. The molecule has 10 heteroatoms. The van der Waals surface area contributed by atoms with Crippen LogP contribution in [0.2, 0.25) is 0 Å². The lowest BCUT2D eigenvalue weighted by Crippen LogP contribution is -2.46. The van der Waals surface area contributed by atoms with Crippen molar-refractivity contribution in [2.24, 2.45) is 5.92 Å². The molecule has 0 bridgehead atoms. The number of aromatic nitrogens is 2. The fraction of sp³-hybridized carbons (Fsp3) is 0.621. The lowest BCUT2D eigenvalue weighted by atomic mass is 9.92. The first-order valence-electron chi connectivity index (χ1n) is 14.3. The van der Waals surface area contributed by atoms with E-state index in [1.807, 2.05) is 14.5 Å². The molecule has 7 nitrogen and oxygen atoms in total. The number of hydrogen-bond acceptors (Lipinski definition) is 4. The fourth-order valence-corrected chi connectivity index (χ4v) is 6.45. The monoisotopic (exact) mass is 545 g/mol. The van der Waals surface area contributed by atoms with Crippen LogP contribution in [0.25, 0.3) is 0 Å². The van der Waals surface area contributed by atoms with E-state index in [9.17, 15) is 22.8 Å². The van der Waals surface area contributed by atoms with E-state index in [4.69, 9.17) is 5.10 Å². The molecule has 0 atom stereocenters. The van der Waals surface area contributed by atoms with Crippen molar-refractivity contribution in [2.45, 2.75) is 83.5 Å². The molecular formula is C29H38F3N5O2. The molecule has 2 aliphatic heterocycles. The third-order valence-corrected chi connectivity index (χ3v) is 8.56. The zero-order valence-electron chi connectivity index (χ0n) is 22.6. The Kier molecular flexibility index (Phi) is 8.19. The van der Waals surface area contributed by atoms with Crippen LogP contribution in [0.15, 0.2) is 24.3 Å². The smallest absolute Gasteiger partial charge is 0.371 e. The number of anilines is 1. The predicted molar refractivity (Wildman–Crippen MR) is 143 cm³/mol. The SMILES string of the molecule is CC(=O)NC1CCN(C(=O)c2nn(CCC3CCN(c4ccccc4C(F)(F)F)CC3)c3c2CCCC3)CC1. The number of amides is 2. The summed E-state index contributed by atoms with van der Waals surface area (Å²) in [6, 6.07) is 5.96. The van der Waals surface area contributed by atoms with E-state index in [1.54, 1.807) is 12.1 Å². The topological polar surface area (TPSA) is 70.5 Å². The summed E-state index contributed by atoms with van der Waals surface area (Å²) >= 11 is 0. The van der Waals surface area contributed by atoms with Crippen LogP contribution >= 0.6 is 0 Å². The average molecular weight is 546 g/mol. The fourth-order valence-electron chi connectivity index (χ4n) is 6.45. The second-order valence-electron chi connectivity index (χ2n) is 11.2. The quantitative estimate of drug-likeness (QED) is 0.565. The number of aryl methyl sites for hydroxylation is 1. The molecule has 212 valence electrons. The van der Waals surface area contributed by atoms with E-state index in [2.05, 4.69) is 5.32 Å². The summed E-state index contributed by atoms with van der Waals surface area (Å²) in [5, 5.41) is 7.79. The van der Waals surface area contributed by atoms with E-state index < -0.39 is 11.7 Å². The molecule has 3 aliphatic rings. The summed E-state index contributed by atoms with van der Waals surface area (Å²) in [6.07, 6.45) is 3.66. The van der Waals surface area contributed by atoms with Crippen molar-refractivity contribution in [3.05, 3.63) is 46.8 Å². The van der Waals surface area contributed by atoms with Crippen LogP contribution in [0.4, 0.5) is 18.9 Å². The third-order valence-electron chi connectivity index (χ3n) is 8.56. The van der Waals surface area contributed by atoms with Gasteiger partial charge < -0.3 is 15.1 Å². The molecule has 2 aromatic rings. The second kappa shape index (κ2) is 11.6. The zero-order valence-corrected chi connectivity index (χ0v) is 22.6. The standard InChI is InChI=1S/C29H38F3N5O2/c1-20(38)33-22-13-17-36(18-14-22)28(39)27-23-6-2-4-8-25(23)37(34-27)19-12-21-10-15-35(16-11-21)26-9-5-3-7-24(26)29(30,31)32/h3,5,7,9,21-22H,2,4,6,8,10-19H2,1H3,(H,33,38). The first-order chi connectivity index (χ1) is 18.7. The van der Waals surface area contributed by atoms with Crippen molar-refractivity contribution < 1.29 is 22.8 Å². The maximum atomic E-state index is 13.5. The molecule has 0 radical (unpaired) electrons. The number of carbonyl (C=O) groups is 2. The number of carbonyl (C=O) groups excluding carboxylic acids is 2. The number of fused-ring (bicyclic) bond motifs is 1. The lowest BCUT2D eigenvalue weighted by Gasteiger charge is -2.35. The summed E-state index contributed by atoms with van der Waals surface area (Å²) in [7, 11) is 0. The minimum absolute atomic E-state index is 0.00943. The number of para-hydroxylation sites is 1. The molecule has 2 amide bonds. The van der Waals surface area contributed by atoms with Crippen molar-refractivity contribution in [3.63, 3.8) is 0 Å². The Balaban J connectivity index is 1.20. The van der Waals surface area contributed by atoms with Crippen LogP contribution in [0.1, 0.15) is 79.2 Å². The Hall–Kier alpha value is -3.04. The minimum Gasteiger partial charge on any atom is -0.371 e. The second-order valence-corrected chi connectivity index (χ2v) is 11.2. The molecule has 1 N–H and O–H groups in total. The van der Waals surface area contributed by atoms with Gasteiger partial charge in [0.05, 0.1) is 5.56 Å². The lowest BCUT2D eigenvalue weighted by molar-refractivity contribution is -0.137. The van der Waals surface area contributed by atoms with Crippen molar-refractivity contribution in [2.75, 3.05) is 31.1 Å². The van der Waals surface area contributed by atoms with Crippen LogP contribution in [0.3, 0.4) is 0 Å². The number of nitrogens with one attached hydrogen (secondary N) is 1. The first kappa shape index (κ1) is 27.5. The molecule has 1 aromatic heterocycles. The van der Waals surface area contributed by atoms with Gasteiger partial charge in [-0.05, 0) is 75.8 Å². The Labute approximate surface area is 227 Å². The number of rotatable bonds is 6. The normalized spacial score (nSPS) is 19.2. The number of alkyl halides is 3. The van der Waals surface area contributed by atoms with Crippen LogP contribution < -0.4 is 10.2 Å². The van der Waals surface area contributed by atoms with Crippen molar-refractivity contribution in [1.29, 1.82) is 0 Å². The minimum atomic E-state index is -4.36. The summed E-state index contributed by atoms with van der Waals surface area (Å²) in [4.78, 5) is 28.6. The maximum absolute atomic E-state index is 13.5. The van der Waals surface area contributed by atoms with E-state index in [0.717, 1.165) is 76.0 Å². The first-order valence-corrected chi connectivity index (χ1v) is 14.3. The Morgan fingerprint density at radius 2 is 1.69 bits per heavy atom. The van der Waals surface area contributed by atoms with Crippen LogP contribution in [-0.2, 0) is 30.4 Å². The van der Waals surface area contributed by atoms with Crippen LogP contribution in [0, 0.1) is 5.92 Å². The van der Waals surface area contributed by atoms with Gasteiger partial charge in [-0.25, -0.2) is 0 Å². The Bertz CT molecular complexity index is 1180. The number of nitrogens with zero attached hydrogens (tertiary/aromatic N) is 4. The van der Waals surface area contributed by atoms with Gasteiger partial charge >= 0.3 is 6.18 Å². The zero-order chi connectivity index (χ0) is 27.6. The van der Waals surface area contributed by atoms with Gasteiger partial charge in [-0.15, -0.1) is 0 Å². The molecule has 2 saturated heterocycles. The highest BCUT2D eigenvalue weighted by Crippen LogP contribution is 2.38. The number of likely N-dealkylation sites (tertiary alicyclic amines) is 1. The van der Waals surface area contributed by atoms with Gasteiger partial charge in [0.1, 0.15) is 0 Å². The molecule has 5 rings (SSSR count). The molecular weight excluding hydrogens is 507 g/mol. The Morgan fingerprint density at radius 1 is 1.00 bits per heavy atom. The number of benzene rings is 1. The van der Waals surface area contributed by atoms with Gasteiger partial charge in [-0.2, -0.15) is 18.3 Å². The molecule has 0 saturated carbocycles. The number of hydrogen-bond donors (Lipinski definition) is 1. The molecule has 2 fully saturated rings. The van der Waals surface area contributed by atoms with Gasteiger partial charge in [0.25, 0.3) is 5.91 Å². The van der Waals surface area contributed by atoms with E-state index in [-0.39, 0.29) is 23.5 Å². The molecule has 0 unspecified atom stereocenters. The van der Waals surface area contributed by atoms with Crippen LogP contribution in [0.5, 0.6) is 0 Å². The summed E-state index contributed by atoms with van der Waals surface area (Å²) in [5.41, 5.74) is 2.56. The van der Waals surface area contributed by atoms with Crippen molar-refractivity contribution >= 4 is 17.5 Å². The molecule has 1 aromatic carbocycles. The van der Waals surface area contributed by atoms with Gasteiger partial charge in [-0.1, -0.05) is 12.1 Å². The van der Waals surface area contributed by atoms with Gasteiger partial charge in [0, 0.05) is 62.6 Å². The predicted octanol–water partition coefficient (Wildman–Crippen LogP) is 4.83. The van der Waals surface area contributed by atoms with Gasteiger partial charge in [0.15, 0.2) is 5.69 Å². The number of piperidine rings is 2. The van der Waals surface area contributed by atoms with E-state index >= 15 is 0 Å². The van der Waals surface area contributed by atoms with E-state index in [1.165, 1.54) is 18.7 Å². The van der Waals surface area contributed by atoms with Gasteiger partial charge in [0.2, 0.25) is 5.91 Å². The van der Waals surface area contributed by atoms with E-state index in [0.29, 0.717) is 37.8 Å². The summed E-state index contributed by atoms with van der Waals surface area (Å²) in [5.74, 6) is 0.365. The number of halogens is 3. The van der Waals surface area contributed by atoms with Crippen molar-refractivity contribution in [1.82, 2.24) is 20.0 Å². The van der Waals surface area contributed by atoms with Crippen molar-refractivity contribution in [3.8, 4) is 0 Å². The molecule has 39 heavy (non-hydrogen) atoms. The molecule has 0 spiro atoms. The summed E-state index contributed by atoms with van der Waals surface area (Å²) < 4.78 is 42.5. The summed E-state index contributed by atoms with van der Waals surface area (Å²) in [6.45, 7) is 4.68. The molecule has 3 heterocycles. The largest absolute Gasteiger partial charge is 0.418 e. The average Bonchev–Trinajstić information content (AvgIpc) is 3.30. The van der Waals surface area contributed by atoms with Gasteiger partial charge in [-0.3, -0.25) is 14.3 Å². The van der Waals surface area contributed by atoms with Crippen LogP contribution in [-0.4, -0.2) is 58.7 Å². The Morgan fingerprint density at radius 3 is 2.38 bits per heavy atom. The highest BCUT2D eigenvalue weighted by Gasteiger charge is 2.35. The third kappa shape index (κ3) is 6.25. The highest BCUT2D eigenvalue weighted by atomic mass is 19.4. The maximum Gasteiger partial charge on any atom is 0.418 e. The molecule has 1 aliphatic carbocycles.